The van der Waals surface area contributed by atoms with Crippen LogP contribution in [0, 0.1) is 5.92 Å². The highest BCUT2D eigenvalue weighted by atomic mass is 16.5. The Morgan fingerprint density at radius 1 is 1.19 bits per heavy atom. The Balaban J connectivity index is 1.84. The Hall–Kier alpha value is -2.12. The number of rotatable bonds is 4. The molecule has 1 fully saturated rings. The van der Waals surface area contributed by atoms with Gasteiger partial charge in [0.25, 0.3) is 0 Å². The molecule has 21 heavy (non-hydrogen) atoms. The molecular formula is C14H17NO6. The minimum atomic E-state index is -1.40. The lowest BCUT2D eigenvalue weighted by atomic mass is 10.1. The summed E-state index contributed by atoms with van der Waals surface area (Å²) in [7, 11) is 0. The van der Waals surface area contributed by atoms with Crippen molar-refractivity contribution in [1.29, 1.82) is 0 Å². The van der Waals surface area contributed by atoms with Gasteiger partial charge in [-0.15, -0.1) is 0 Å². The van der Waals surface area contributed by atoms with Crippen molar-refractivity contribution in [3.8, 4) is 0 Å². The van der Waals surface area contributed by atoms with Crippen LogP contribution in [0.25, 0.3) is 0 Å². The number of ether oxygens (including phenoxy) is 1. The van der Waals surface area contributed by atoms with Crippen molar-refractivity contribution in [3.05, 3.63) is 35.9 Å². The van der Waals surface area contributed by atoms with E-state index in [9.17, 15) is 19.8 Å². The van der Waals surface area contributed by atoms with E-state index in [1.54, 1.807) is 12.1 Å². The van der Waals surface area contributed by atoms with Crippen molar-refractivity contribution in [2.45, 2.75) is 31.3 Å². The van der Waals surface area contributed by atoms with E-state index in [0.29, 0.717) is 0 Å². The summed E-state index contributed by atoms with van der Waals surface area (Å²) in [6.45, 7) is 0.0698. The van der Waals surface area contributed by atoms with E-state index >= 15 is 0 Å². The molecule has 0 bridgehead atoms. The summed E-state index contributed by atoms with van der Waals surface area (Å²) >= 11 is 0. The fourth-order valence-electron chi connectivity index (χ4n) is 2.34. The van der Waals surface area contributed by atoms with Gasteiger partial charge in [0.2, 0.25) is 0 Å². The lowest BCUT2D eigenvalue weighted by Gasteiger charge is -2.17. The third-order valence-corrected chi connectivity index (χ3v) is 3.52. The summed E-state index contributed by atoms with van der Waals surface area (Å²) in [6.07, 6.45) is -3.53. The highest BCUT2D eigenvalue weighted by molar-refractivity contribution is 5.72. The molecular weight excluding hydrogens is 278 g/mol. The number of carbonyl (C=O) groups is 2. The SMILES string of the molecule is O=C(NC1C[C@H](C(=O)O)C(O)C1O)OCc1ccccc1. The molecule has 0 radical (unpaired) electrons. The van der Waals surface area contributed by atoms with Gasteiger partial charge in [-0.3, -0.25) is 4.79 Å². The van der Waals surface area contributed by atoms with Crippen LogP contribution < -0.4 is 5.32 Å². The van der Waals surface area contributed by atoms with E-state index in [2.05, 4.69) is 5.32 Å². The van der Waals surface area contributed by atoms with Gasteiger partial charge < -0.3 is 25.4 Å². The molecule has 0 aromatic heterocycles. The summed E-state index contributed by atoms with van der Waals surface area (Å²) in [5, 5.41) is 30.6. The molecule has 4 N–H and O–H groups in total. The lowest BCUT2D eigenvalue weighted by molar-refractivity contribution is -0.145. The molecule has 3 unspecified atom stereocenters. The number of aliphatic hydroxyl groups excluding tert-OH is 2. The van der Waals surface area contributed by atoms with Crippen LogP contribution in [-0.2, 0) is 16.1 Å². The zero-order valence-corrected chi connectivity index (χ0v) is 11.2. The van der Waals surface area contributed by atoms with Gasteiger partial charge in [-0.1, -0.05) is 30.3 Å². The maximum absolute atomic E-state index is 11.6. The first kappa shape index (κ1) is 15.3. The van der Waals surface area contributed by atoms with Gasteiger partial charge in [0, 0.05) is 0 Å². The van der Waals surface area contributed by atoms with E-state index in [0.717, 1.165) is 5.56 Å². The quantitative estimate of drug-likeness (QED) is 0.626. The van der Waals surface area contributed by atoms with Crippen molar-refractivity contribution >= 4 is 12.1 Å². The highest BCUT2D eigenvalue weighted by Crippen LogP contribution is 2.27. The Bertz CT molecular complexity index is 505. The average Bonchev–Trinajstić information content (AvgIpc) is 2.75. The fourth-order valence-corrected chi connectivity index (χ4v) is 2.34. The second-order valence-corrected chi connectivity index (χ2v) is 4.97. The first-order chi connectivity index (χ1) is 9.99. The maximum atomic E-state index is 11.6. The number of hydrogen-bond donors (Lipinski definition) is 4. The van der Waals surface area contributed by atoms with Crippen LogP contribution in [0.4, 0.5) is 4.79 Å². The number of amides is 1. The molecule has 7 heteroatoms. The molecule has 2 rings (SSSR count). The van der Waals surface area contributed by atoms with E-state index in [4.69, 9.17) is 9.84 Å². The third-order valence-electron chi connectivity index (χ3n) is 3.52. The molecule has 1 aromatic carbocycles. The van der Waals surface area contributed by atoms with E-state index in [-0.39, 0.29) is 13.0 Å². The standard InChI is InChI=1S/C14H17NO6/c16-11-9(13(18)19)6-10(12(11)17)15-14(20)21-7-8-4-2-1-3-5-8/h1-5,9-12,16-17H,6-7H2,(H,15,20)(H,18,19)/t9-,10?,11?,12?/m0/s1. The predicted molar refractivity (Wildman–Crippen MR) is 71.3 cm³/mol. The van der Waals surface area contributed by atoms with Crippen molar-refractivity contribution in [1.82, 2.24) is 5.32 Å². The topological polar surface area (TPSA) is 116 Å². The molecule has 4 atom stereocenters. The number of aliphatic hydroxyl groups is 2. The first-order valence-corrected chi connectivity index (χ1v) is 6.55. The number of carbonyl (C=O) groups excluding carboxylic acids is 1. The van der Waals surface area contributed by atoms with E-state index in [1.807, 2.05) is 18.2 Å². The number of carboxylic acids is 1. The Morgan fingerprint density at radius 2 is 1.86 bits per heavy atom. The van der Waals surface area contributed by atoms with E-state index in [1.165, 1.54) is 0 Å². The van der Waals surface area contributed by atoms with Crippen LogP contribution in [0.15, 0.2) is 30.3 Å². The second-order valence-electron chi connectivity index (χ2n) is 4.97. The monoisotopic (exact) mass is 295 g/mol. The molecule has 0 saturated heterocycles. The van der Waals surface area contributed by atoms with Crippen LogP contribution in [0.3, 0.4) is 0 Å². The Morgan fingerprint density at radius 3 is 2.43 bits per heavy atom. The summed E-state index contributed by atoms with van der Waals surface area (Å²) in [4.78, 5) is 22.5. The van der Waals surface area contributed by atoms with Crippen LogP contribution in [0.1, 0.15) is 12.0 Å². The van der Waals surface area contributed by atoms with Gasteiger partial charge >= 0.3 is 12.1 Å². The molecule has 0 heterocycles. The number of hydrogen-bond acceptors (Lipinski definition) is 5. The van der Waals surface area contributed by atoms with Gasteiger partial charge in [0.1, 0.15) is 12.7 Å². The normalized spacial score (nSPS) is 28.1. The van der Waals surface area contributed by atoms with Gasteiger partial charge in [-0.25, -0.2) is 4.79 Å². The number of aliphatic carboxylic acids is 1. The van der Waals surface area contributed by atoms with Gasteiger partial charge in [-0.05, 0) is 12.0 Å². The summed E-state index contributed by atoms with van der Waals surface area (Å²) in [6, 6.07) is 8.20. The van der Waals surface area contributed by atoms with Crippen molar-refractivity contribution in [3.63, 3.8) is 0 Å². The van der Waals surface area contributed by atoms with Gasteiger partial charge in [-0.2, -0.15) is 0 Å². The molecule has 7 nitrogen and oxygen atoms in total. The molecule has 1 aromatic rings. The molecule has 1 aliphatic rings. The van der Waals surface area contributed by atoms with Crippen LogP contribution >= 0.6 is 0 Å². The third kappa shape index (κ3) is 3.71. The number of benzene rings is 1. The molecule has 1 aliphatic carbocycles. The van der Waals surface area contributed by atoms with Crippen molar-refractivity contribution in [2.24, 2.45) is 5.92 Å². The Kier molecular flexibility index (Phi) is 4.77. The summed E-state index contributed by atoms with van der Waals surface area (Å²) in [5.74, 6) is -2.30. The first-order valence-electron chi connectivity index (χ1n) is 6.55. The second kappa shape index (κ2) is 6.55. The fraction of sp³-hybridized carbons (Fsp3) is 0.429. The molecule has 114 valence electrons. The van der Waals surface area contributed by atoms with Crippen LogP contribution in [0.5, 0.6) is 0 Å². The van der Waals surface area contributed by atoms with Gasteiger partial charge in [0.15, 0.2) is 0 Å². The average molecular weight is 295 g/mol. The molecule has 1 saturated carbocycles. The van der Waals surface area contributed by atoms with Crippen LogP contribution in [-0.4, -0.2) is 45.6 Å². The summed E-state index contributed by atoms with van der Waals surface area (Å²) in [5.41, 5.74) is 0.808. The molecule has 0 aliphatic heterocycles. The van der Waals surface area contributed by atoms with Crippen LogP contribution in [0.2, 0.25) is 0 Å². The number of carboxylic acid groups (broad SMARTS) is 1. The Labute approximate surface area is 121 Å². The van der Waals surface area contributed by atoms with E-state index < -0.39 is 36.2 Å². The zero-order chi connectivity index (χ0) is 15.4. The predicted octanol–water partition coefficient (Wildman–Crippen LogP) is 0.108. The number of alkyl carbamates (subject to hydrolysis) is 1. The van der Waals surface area contributed by atoms with Crippen molar-refractivity contribution in [2.75, 3.05) is 0 Å². The highest BCUT2D eigenvalue weighted by Gasteiger charge is 2.45. The largest absolute Gasteiger partial charge is 0.481 e. The maximum Gasteiger partial charge on any atom is 0.407 e. The summed E-state index contributed by atoms with van der Waals surface area (Å²) < 4.78 is 4.98. The zero-order valence-electron chi connectivity index (χ0n) is 11.2. The van der Waals surface area contributed by atoms with Gasteiger partial charge in [0.05, 0.1) is 18.1 Å². The van der Waals surface area contributed by atoms with Crippen molar-refractivity contribution < 1.29 is 29.6 Å². The molecule has 1 amide bonds. The minimum absolute atomic E-state index is 0.0435. The molecule has 0 spiro atoms. The minimum Gasteiger partial charge on any atom is -0.481 e. The lowest BCUT2D eigenvalue weighted by Crippen LogP contribution is -2.43. The number of nitrogens with one attached hydrogen (secondary N) is 1. The smallest absolute Gasteiger partial charge is 0.407 e.